The molecule has 0 radical (unpaired) electrons. The quantitative estimate of drug-likeness (QED) is 0.472. The van der Waals surface area contributed by atoms with Crippen LogP contribution in [-0.2, 0) is 18.3 Å². The molecule has 0 bridgehead atoms. The minimum Gasteiger partial charge on any atom is -0.379 e. The number of hydrogen-bond donors (Lipinski definition) is 2. The van der Waals surface area contributed by atoms with Crippen LogP contribution in [0, 0.1) is 12.8 Å². The Morgan fingerprint density at radius 2 is 1.97 bits per heavy atom. The molecule has 1 aromatic rings. The molecule has 2 heterocycles. The van der Waals surface area contributed by atoms with E-state index >= 15 is 0 Å². The molecule has 1 unspecified atom stereocenters. The van der Waals surface area contributed by atoms with Gasteiger partial charge < -0.3 is 19.9 Å². The van der Waals surface area contributed by atoms with Gasteiger partial charge in [-0.2, -0.15) is 0 Å². The lowest BCUT2D eigenvalue weighted by Gasteiger charge is -2.27. The fraction of sp³-hybridized carbons (Fsp3) is 0.864. The van der Waals surface area contributed by atoms with E-state index in [0.29, 0.717) is 12.6 Å². The number of aliphatic imine (C=N–C) groups is 1. The van der Waals surface area contributed by atoms with Gasteiger partial charge in [-0.25, -0.2) is 4.99 Å². The van der Waals surface area contributed by atoms with Crippen LogP contribution in [0.2, 0.25) is 0 Å². The van der Waals surface area contributed by atoms with Gasteiger partial charge in [-0.3, -0.25) is 4.90 Å². The Labute approximate surface area is 181 Å². The minimum atomic E-state index is 0.405. The Hall–Kier alpha value is -1.67. The van der Waals surface area contributed by atoms with Gasteiger partial charge in [0.15, 0.2) is 11.8 Å². The first-order valence-corrected chi connectivity index (χ1v) is 11.8. The zero-order valence-corrected chi connectivity index (χ0v) is 19.2. The Morgan fingerprint density at radius 3 is 2.67 bits per heavy atom. The second-order valence-corrected chi connectivity index (χ2v) is 8.89. The standard InChI is InChI=1S/C22H41N7O/c1-18(9-10-20-7-5-4-6-8-20)25-22(23-11-12-29-13-15-30-16-14-29)24-17-21-27-26-19(2)28(21)3/h18,20H,4-17H2,1-3H3,(H2,23,24,25). The van der Waals surface area contributed by atoms with E-state index in [-0.39, 0.29) is 0 Å². The van der Waals surface area contributed by atoms with E-state index in [1.807, 2.05) is 18.5 Å². The zero-order valence-electron chi connectivity index (χ0n) is 19.2. The number of hydrogen-bond acceptors (Lipinski definition) is 5. The molecule has 1 aliphatic carbocycles. The van der Waals surface area contributed by atoms with Gasteiger partial charge in [0.1, 0.15) is 12.4 Å². The van der Waals surface area contributed by atoms with Crippen molar-refractivity contribution in [2.45, 2.75) is 71.4 Å². The molecule has 3 rings (SSSR count). The lowest BCUT2D eigenvalue weighted by Crippen LogP contribution is -2.46. The Bertz CT molecular complexity index is 648. The second kappa shape index (κ2) is 12.2. The first kappa shape index (κ1) is 23.0. The van der Waals surface area contributed by atoms with Crippen LogP contribution in [0.3, 0.4) is 0 Å². The van der Waals surface area contributed by atoms with Crippen LogP contribution in [0.5, 0.6) is 0 Å². The SMILES string of the molecule is Cc1nnc(CN=C(NCCN2CCOCC2)NC(C)CCC2CCCCC2)n1C. The lowest BCUT2D eigenvalue weighted by atomic mass is 9.85. The molecule has 8 nitrogen and oxygen atoms in total. The number of rotatable bonds is 9. The molecule has 0 aromatic carbocycles. The summed E-state index contributed by atoms with van der Waals surface area (Å²) in [5, 5.41) is 15.6. The fourth-order valence-electron chi connectivity index (χ4n) is 4.32. The van der Waals surface area contributed by atoms with Gasteiger partial charge in [-0.1, -0.05) is 32.1 Å². The summed E-state index contributed by atoms with van der Waals surface area (Å²) in [7, 11) is 1.99. The fourth-order valence-corrected chi connectivity index (χ4v) is 4.32. The highest BCUT2D eigenvalue weighted by Gasteiger charge is 2.16. The largest absolute Gasteiger partial charge is 0.379 e. The molecule has 2 fully saturated rings. The Morgan fingerprint density at radius 1 is 1.20 bits per heavy atom. The Balaban J connectivity index is 1.50. The second-order valence-electron chi connectivity index (χ2n) is 8.89. The molecule has 2 aliphatic rings. The van der Waals surface area contributed by atoms with Gasteiger partial charge >= 0.3 is 0 Å². The summed E-state index contributed by atoms with van der Waals surface area (Å²) in [5.41, 5.74) is 0. The van der Waals surface area contributed by atoms with Crippen LogP contribution in [0.15, 0.2) is 4.99 Å². The van der Waals surface area contributed by atoms with Crippen molar-refractivity contribution < 1.29 is 4.74 Å². The lowest BCUT2D eigenvalue weighted by molar-refractivity contribution is 0.0389. The molecule has 0 spiro atoms. The molecule has 170 valence electrons. The molecule has 1 aliphatic heterocycles. The molecule has 1 aromatic heterocycles. The number of ether oxygens (including phenoxy) is 1. The number of aryl methyl sites for hydroxylation is 1. The summed E-state index contributed by atoms with van der Waals surface area (Å²) >= 11 is 0. The van der Waals surface area contributed by atoms with Crippen LogP contribution in [0.1, 0.15) is 63.5 Å². The zero-order chi connectivity index (χ0) is 21.2. The summed E-state index contributed by atoms with van der Waals surface area (Å²) < 4.78 is 7.45. The molecule has 1 atom stereocenters. The predicted molar refractivity (Wildman–Crippen MR) is 121 cm³/mol. The summed E-state index contributed by atoms with van der Waals surface area (Å²) in [4.78, 5) is 7.25. The van der Waals surface area contributed by atoms with Gasteiger partial charge in [0.2, 0.25) is 0 Å². The molecule has 1 saturated heterocycles. The highest BCUT2D eigenvalue weighted by atomic mass is 16.5. The van der Waals surface area contributed by atoms with Crippen molar-refractivity contribution in [3.8, 4) is 0 Å². The third-order valence-corrected chi connectivity index (χ3v) is 6.50. The van der Waals surface area contributed by atoms with E-state index in [1.54, 1.807) is 0 Å². The number of aromatic nitrogens is 3. The molecule has 0 amide bonds. The van der Waals surface area contributed by atoms with Crippen LogP contribution in [0.25, 0.3) is 0 Å². The van der Waals surface area contributed by atoms with Gasteiger partial charge in [0.25, 0.3) is 0 Å². The van der Waals surface area contributed by atoms with Crippen molar-refractivity contribution in [1.82, 2.24) is 30.3 Å². The maximum Gasteiger partial charge on any atom is 0.191 e. The Kier molecular flexibility index (Phi) is 9.39. The summed E-state index contributed by atoms with van der Waals surface area (Å²) in [6, 6.07) is 0.405. The van der Waals surface area contributed by atoms with Gasteiger partial charge in [0, 0.05) is 39.3 Å². The van der Waals surface area contributed by atoms with Crippen molar-refractivity contribution >= 4 is 5.96 Å². The summed E-state index contributed by atoms with van der Waals surface area (Å²) in [5.74, 6) is 3.59. The van der Waals surface area contributed by atoms with E-state index in [1.165, 1.54) is 44.9 Å². The highest BCUT2D eigenvalue weighted by molar-refractivity contribution is 5.80. The van der Waals surface area contributed by atoms with Gasteiger partial charge in [0.05, 0.1) is 13.2 Å². The number of morpholine rings is 1. The van der Waals surface area contributed by atoms with Crippen molar-refractivity contribution in [3.63, 3.8) is 0 Å². The van der Waals surface area contributed by atoms with Gasteiger partial charge in [-0.05, 0) is 32.6 Å². The van der Waals surface area contributed by atoms with E-state index in [4.69, 9.17) is 9.73 Å². The molecule has 8 heteroatoms. The smallest absolute Gasteiger partial charge is 0.191 e. The third kappa shape index (κ3) is 7.54. The van der Waals surface area contributed by atoms with Gasteiger partial charge in [-0.15, -0.1) is 10.2 Å². The number of guanidine groups is 1. The summed E-state index contributed by atoms with van der Waals surface area (Å²) in [6.45, 7) is 10.3. The maximum atomic E-state index is 5.44. The molecule has 30 heavy (non-hydrogen) atoms. The molecular formula is C22H41N7O. The molecule has 1 saturated carbocycles. The van der Waals surface area contributed by atoms with Crippen molar-refractivity contribution in [2.75, 3.05) is 39.4 Å². The maximum absolute atomic E-state index is 5.44. The van der Waals surface area contributed by atoms with E-state index in [9.17, 15) is 0 Å². The number of nitrogens with one attached hydrogen (secondary N) is 2. The monoisotopic (exact) mass is 419 g/mol. The normalized spacial score (nSPS) is 20.3. The van der Waals surface area contributed by atoms with Crippen LogP contribution in [0.4, 0.5) is 0 Å². The number of nitrogens with zero attached hydrogens (tertiary/aromatic N) is 5. The highest BCUT2D eigenvalue weighted by Crippen LogP contribution is 2.27. The predicted octanol–water partition coefficient (Wildman–Crippen LogP) is 2.24. The minimum absolute atomic E-state index is 0.405. The van der Waals surface area contributed by atoms with E-state index < -0.39 is 0 Å². The molecular weight excluding hydrogens is 378 g/mol. The first-order chi connectivity index (χ1) is 14.6. The first-order valence-electron chi connectivity index (χ1n) is 11.8. The van der Waals surface area contributed by atoms with Crippen molar-refractivity contribution in [3.05, 3.63) is 11.6 Å². The average molecular weight is 420 g/mol. The van der Waals surface area contributed by atoms with Crippen molar-refractivity contribution in [1.29, 1.82) is 0 Å². The van der Waals surface area contributed by atoms with E-state index in [2.05, 4.69) is 32.7 Å². The average Bonchev–Trinajstić information content (AvgIpc) is 3.09. The van der Waals surface area contributed by atoms with Crippen LogP contribution >= 0.6 is 0 Å². The topological polar surface area (TPSA) is 79.6 Å². The van der Waals surface area contributed by atoms with Crippen LogP contribution in [-0.4, -0.2) is 71.1 Å². The van der Waals surface area contributed by atoms with E-state index in [0.717, 1.165) is 62.9 Å². The molecule has 2 N–H and O–H groups in total. The van der Waals surface area contributed by atoms with Crippen molar-refractivity contribution in [2.24, 2.45) is 18.0 Å². The summed E-state index contributed by atoms with van der Waals surface area (Å²) in [6.07, 6.45) is 9.60. The third-order valence-electron chi connectivity index (χ3n) is 6.50. The van der Waals surface area contributed by atoms with Crippen LogP contribution < -0.4 is 10.6 Å².